The highest BCUT2D eigenvalue weighted by atomic mass is 16.5. The molecule has 0 fully saturated rings. The Morgan fingerprint density at radius 1 is 1.04 bits per heavy atom. The Labute approximate surface area is 141 Å². The van der Waals surface area contributed by atoms with Crippen molar-refractivity contribution in [2.24, 2.45) is 0 Å². The minimum absolute atomic E-state index is 0.341. The molecule has 1 atom stereocenters. The minimum atomic E-state index is -0.710. The highest BCUT2D eigenvalue weighted by molar-refractivity contribution is 6.03. The number of benzene rings is 2. The number of anilines is 1. The molecule has 0 aliphatic carbocycles. The molecule has 24 heavy (non-hydrogen) atoms. The van der Waals surface area contributed by atoms with Gasteiger partial charge in [-0.3, -0.25) is 4.79 Å². The lowest BCUT2D eigenvalue weighted by atomic mass is 10.1. The summed E-state index contributed by atoms with van der Waals surface area (Å²) in [5.74, 6) is -0.220. The second-order valence-corrected chi connectivity index (χ2v) is 5.55. The van der Waals surface area contributed by atoms with E-state index in [1.807, 2.05) is 31.2 Å². The average molecular weight is 327 g/mol. The summed E-state index contributed by atoms with van der Waals surface area (Å²) in [4.78, 5) is 24.3. The van der Waals surface area contributed by atoms with Gasteiger partial charge in [-0.25, -0.2) is 4.79 Å². The van der Waals surface area contributed by atoms with Gasteiger partial charge in [-0.2, -0.15) is 0 Å². The summed E-state index contributed by atoms with van der Waals surface area (Å²) in [6.45, 7) is 5.42. The van der Waals surface area contributed by atoms with E-state index in [0.717, 1.165) is 11.1 Å². The summed E-state index contributed by atoms with van der Waals surface area (Å²) >= 11 is 0. The molecule has 0 aliphatic rings. The topological polar surface area (TPSA) is 64.6 Å². The van der Waals surface area contributed by atoms with Crippen molar-refractivity contribution in [2.45, 2.75) is 26.9 Å². The molecule has 0 saturated carbocycles. The zero-order valence-corrected chi connectivity index (χ0v) is 14.3. The second-order valence-electron chi connectivity index (χ2n) is 5.55. The van der Waals surface area contributed by atoms with Gasteiger partial charge in [-0.1, -0.05) is 29.8 Å². The first-order valence-electron chi connectivity index (χ1n) is 7.64. The molecule has 2 aromatic rings. The van der Waals surface area contributed by atoms with Gasteiger partial charge in [0.15, 0.2) is 6.10 Å². The van der Waals surface area contributed by atoms with Crippen molar-refractivity contribution in [3.63, 3.8) is 0 Å². The standard InChI is InChI=1S/C19H21NO4/c1-12-8-10-15(11-9-12)24-14(3)18(21)20-16-7-5-6-13(2)17(16)19(22)23-4/h5-11,14H,1-4H3,(H,20,21). The molecule has 0 aromatic heterocycles. The summed E-state index contributed by atoms with van der Waals surface area (Å²) in [7, 11) is 1.31. The predicted molar refractivity (Wildman–Crippen MR) is 92.4 cm³/mol. The van der Waals surface area contributed by atoms with Crippen molar-refractivity contribution in [1.29, 1.82) is 0 Å². The van der Waals surface area contributed by atoms with Crippen LogP contribution in [0.3, 0.4) is 0 Å². The van der Waals surface area contributed by atoms with Crippen LogP contribution in [0, 0.1) is 13.8 Å². The Kier molecular flexibility index (Phi) is 5.58. The zero-order chi connectivity index (χ0) is 17.7. The van der Waals surface area contributed by atoms with Crippen LogP contribution in [-0.4, -0.2) is 25.1 Å². The Balaban J connectivity index is 2.13. The number of methoxy groups -OCH3 is 1. The van der Waals surface area contributed by atoms with Gasteiger partial charge in [-0.15, -0.1) is 0 Å². The van der Waals surface area contributed by atoms with Gasteiger partial charge in [0.1, 0.15) is 5.75 Å². The number of rotatable bonds is 5. The van der Waals surface area contributed by atoms with E-state index < -0.39 is 12.1 Å². The largest absolute Gasteiger partial charge is 0.481 e. The van der Waals surface area contributed by atoms with E-state index in [4.69, 9.17) is 9.47 Å². The summed E-state index contributed by atoms with van der Waals surface area (Å²) in [5.41, 5.74) is 2.59. The van der Waals surface area contributed by atoms with Gasteiger partial charge in [0.2, 0.25) is 0 Å². The quantitative estimate of drug-likeness (QED) is 0.854. The minimum Gasteiger partial charge on any atom is -0.481 e. The van der Waals surface area contributed by atoms with E-state index in [-0.39, 0.29) is 5.91 Å². The third-order valence-electron chi connectivity index (χ3n) is 3.62. The maximum absolute atomic E-state index is 12.4. The SMILES string of the molecule is COC(=O)c1c(C)cccc1NC(=O)C(C)Oc1ccc(C)cc1. The smallest absolute Gasteiger partial charge is 0.340 e. The van der Waals surface area contributed by atoms with Crippen molar-refractivity contribution in [3.05, 3.63) is 59.2 Å². The first-order valence-corrected chi connectivity index (χ1v) is 7.64. The number of hydrogen-bond acceptors (Lipinski definition) is 4. The molecule has 5 heteroatoms. The molecule has 2 rings (SSSR count). The van der Waals surface area contributed by atoms with Crippen molar-refractivity contribution < 1.29 is 19.1 Å². The number of hydrogen-bond donors (Lipinski definition) is 1. The van der Waals surface area contributed by atoms with Crippen LogP contribution in [0.15, 0.2) is 42.5 Å². The lowest BCUT2D eigenvalue weighted by Crippen LogP contribution is -2.31. The molecule has 0 spiro atoms. The van der Waals surface area contributed by atoms with Crippen LogP contribution in [0.5, 0.6) is 5.75 Å². The van der Waals surface area contributed by atoms with Crippen molar-refractivity contribution in [1.82, 2.24) is 0 Å². The normalized spacial score (nSPS) is 11.5. The number of aryl methyl sites for hydroxylation is 2. The third kappa shape index (κ3) is 4.13. The van der Waals surface area contributed by atoms with Crippen molar-refractivity contribution in [2.75, 3.05) is 12.4 Å². The van der Waals surface area contributed by atoms with Gasteiger partial charge in [-0.05, 0) is 44.5 Å². The summed E-state index contributed by atoms with van der Waals surface area (Å²) in [5, 5.41) is 2.73. The molecule has 2 aromatic carbocycles. The second kappa shape index (κ2) is 7.64. The van der Waals surface area contributed by atoms with Gasteiger partial charge < -0.3 is 14.8 Å². The highest BCUT2D eigenvalue weighted by Crippen LogP contribution is 2.21. The van der Waals surface area contributed by atoms with Crippen LogP contribution >= 0.6 is 0 Å². The maximum atomic E-state index is 12.4. The number of nitrogens with one attached hydrogen (secondary N) is 1. The van der Waals surface area contributed by atoms with E-state index in [1.165, 1.54) is 7.11 Å². The molecule has 1 amide bonds. The molecule has 0 heterocycles. The number of ether oxygens (including phenoxy) is 2. The van der Waals surface area contributed by atoms with Gasteiger partial charge >= 0.3 is 5.97 Å². The highest BCUT2D eigenvalue weighted by Gasteiger charge is 2.20. The van der Waals surface area contributed by atoms with Crippen LogP contribution in [0.2, 0.25) is 0 Å². The van der Waals surface area contributed by atoms with Gasteiger partial charge in [0.05, 0.1) is 18.4 Å². The maximum Gasteiger partial charge on any atom is 0.340 e. The molecule has 0 aliphatic heterocycles. The van der Waals surface area contributed by atoms with Crippen molar-refractivity contribution >= 4 is 17.6 Å². The fourth-order valence-corrected chi connectivity index (χ4v) is 2.25. The molecule has 0 saturated heterocycles. The van der Waals surface area contributed by atoms with Crippen LogP contribution in [0.25, 0.3) is 0 Å². The number of amides is 1. The van der Waals surface area contributed by atoms with Crippen LogP contribution in [0.4, 0.5) is 5.69 Å². The third-order valence-corrected chi connectivity index (χ3v) is 3.62. The Morgan fingerprint density at radius 2 is 1.71 bits per heavy atom. The van der Waals surface area contributed by atoms with E-state index in [9.17, 15) is 9.59 Å². The first-order chi connectivity index (χ1) is 11.4. The molecule has 0 radical (unpaired) electrons. The van der Waals surface area contributed by atoms with Gasteiger partial charge in [0, 0.05) is 0 Å². The fraction of sp³-hybridized carbons (Fsp3) is 0.263. The van der Waals surface area contributed by atoms with Gasteiger partial charge in [0.25, 0.3) is 5.91 Å². The van der Waals surface area contributed by atoms with E-state index in [2.05, 4.69) is 5.32 Å². The van der Waals surface area contributed by atoms with E-state index >= 15 is 0 Å². The van der Waals surface area contributed by atoms with Crippen LogP contribution < -0.4 is 10.1 Å². The summed E-state index contributed by atoms with van der Waals surface area (Å²) < 4.78 is 10.4. The Bertz CT molecular complexity index is 738. The molecule has 5 nitrogen and oxygen atoms in total. The number of carbonyl (C=O) groups is 2. The zero-order valence-electron chi connectivity index (χ0n) is 14.3. The van der Waals surface area contributed by atoms with Crippen molar-refractivity contribution in [3.8, 4) is 5.75 Å². The average Bonchev–Trinajstić information content (AvgIpc) is 2.56. The van der Waals surface area contributed by atoms with E-state index in [1.54, 1.807) is 32.0 Å². The molecular formula is C19H21NO4. The summed E-state index contributed by atoms with van der Waals surface area (Å²) in [6, 6.07) is 12.7. The lowest BCUT2D eigenvalue weighted by Gasteiger charge is -2.17. The molecule has 1 unspecified atom stereocenters. The first kappa shape index (κ1) is 17.5. The lowest BCUT2D eigenvalue weighted by molar-refractivity contribution is -0.122. The predicted octanol–water partition coefficient (Wildman–Crippen LogP) is 3.50. The monoisotopic (exact) mass is 327 g/mol. The molecule has 126 valence electrons. The Morgan fingerprint density at radius 3 is 2.33 bits per heavy atom. The molecule has 0 bridgehead atoms. The summed E-state index contributed by atoms with van der Waals surface area (Å²) in [6.07, 6.45) is -0.710. The molecular weight excluding hydrogens is 306 g/mol. The number of carbonyl (C=O) groups excluding carboxylic acids is 2. The van der Waals surface area contributed by atoms with Crippen LogP contribution in [0.1, 0.15) is 28.4 Å². The van der Waals surface area contributed by atoms with E-state index in [0.29, 0.717) is 17.0 Å². The fourth-order valence-electron chi connectivity index (χ4n) is 2.25. The Hall–Kier alpha value is -2.82. The molecule has 1 N–H and O–H groups in total. The van der Waals surface area contributed by atoms with Crippen LogP contribution in [-0.2, 0) is 9.53 Å². The number of esters is 1.